The molecular weight excluding hydrogens is 334 g/mol. The van der Waals surface area contributed by atoms with Crippen LogP contribution in [0.3, 0.4) is 0 Å². The van der Waals surface area contributed by atoms with Crippen LogP contribution < -0.4 is 4.90 Å². The first-order valence-electron chi connectivity index (χ1n) is 8.84. The highest BCUT2D eigenvalue weighted by molar-refractivity contribution is 7.89. The van der Waals surface area contributed by atoms with Gasteiger partial charge in [0.15, 0.2) is 6.04 Å². The van der Waals surface area contributed by atoms with Crippen LogP contribution in [-0.4, -0.2) is 44.9 Å². The Kier molecular flexibility index (Phi) is 5.62. The number of nitrogens with zero attached hydrogens (tertiary/aromatic N) is 2. The van der Waals surface area contributed by atoms with Crippen LogP contribution >= 0.6 is 0 Å². The summed E-state index contributed by atoms with van der Waals surface area (Å²) in [6, 6.07) is 6.15. The van der Waals surface area contributed by atoms with Crippen LogP contribution in [0.5, 0.6) is 0 Å². The molecule has 5 nitrogen and oxygen atoms in total. The van der Waals surface area contributed by atoms with Crippen LogP contribution in [0.4, 0.5) is 0 Å². The SMILES string of the molecule is Cc1cc(C(C)(C)C)cc(C)c1S(=O)(=O)N1CC[NH+]([C@@H](C)C#N)CC1. The van der Waals surface area contributed by atoms with Gasteiger partial charge in [0, 0.05) is 6.92 Å². The molecule has 1 heterocycles. The summed E-state index contributed by atoms with van der Waals surface area (Å²) in [5, 5.41) is 9.05. The Balaban J connectivity index is 2.31. The molecule has 0 aromatic heterocycles. The Morgan fingerprint density at radius 3 is 2.04 bits per heavy atom. The van der Waals surface area contributed by atoms with Gasteiger partial charge in [-0.1, -0.05) is 32.9 Å². The zero-order valence-electron chi connectivity index (χ0n) is 16.2. The molecule has 1 fully saturated rings. The largest absolute Gasteiger partial charge is 0.319 e. The van der Waals surface area contributed by atoms with Gasteiger partial charge in [-0.15, -0.1) is 0 Å². The van der Waals surface area contributed by atoms with Gasteiger partial charge in [0.2, 0.25) is 10.0 Å². The monoisotopic (exact) mass is 364 g/mol. The van der Waals surface area contributed by atoms with Crippen molar-refractivity contribution in [3.63, 3.8) is 0 Å². The van der Waals surface area contributed by atoms with Crippen molar-refractivity contribution in [1.29, 1.82) is 5.26 Å². The predicted molar refractivity (Wildman–Crippen MR) is 99.1 cm³/mol. The highest BCUT2D eigenvalue weighted by Crippen LogP contribution is 2.30. The molecule has 1 aromatic carbocycles. The van der Waals surface area contributed by atoms with Gasteiger partial charge in [0.25, 0.3) is 0 Å². The van der Waals surface area contributed by atoms with Crippen molar-refractivity contribution in [2.45, 2.75) is 57.9 Å². The zero-order chi connectivity index (χ0) is 19.0. The summed E-state index contributed by atoms with van der Waals surface area (Å²) in [7, 11) is -3.50. The number of benzene rings is 1. The summed E-state index contributed by atoms with van der Waals surface area (Å²) < 4.78 is 28.0. The Labute approximate surface area is 152 Å². The summed E-state index contributed by atoms with van der Waals surface area (Å²) in [5.41, 5.74) is 2.76. The number of nitrogens with one attached hydrogen (secondary N) is 1. The van der Waals surface area contributed by atoms with Gasteiger partial charge >= 0.3 is 0 Å². The summed E-state index contributed by atoms with van der Waals surface area (Å²) in [5.74, 6) is 0. The molecule has 1 atom stereocenters. The van der Waals surface area contributed by atoms with Crippen molar-refractivity contribution in [2.24, 2.45) is 0 Å². The lowest BCUT2D eigenvalue weighted by Crippen LogP contribution is -3.17. The number of nitriles is 1. The average Bonchev–Trinajstić information content (AvgIpc) is 2.52. The second kappa shape index (κ2) is 7.06. The van der Waals surface area contributed by atoms with Crippen molar-refractivity contribution < 1.29 is 13.3 Å². The number of sulfonamides is 1. The molecule has 1 aliphatic rings. The molecule has 6 heteroatoms. The summed E-state index contributed by atoms with van der Waals surface area (Å²) in [6.45, 7) is 14.3. The third kappa shape index (κ3) is 4.05. The molecule has 1 N–H and O–H groups in total. The average molecular weight is 365 g/mol. The smallest absolute Gasteiger partial charge is 0.244 e. The van der Waals surface area contributed by atoms with Crippen LogP contribution in [0, 0.1) is 25.2 Å². The van der Waals surface area contributed by atoms with Gasteiger partial charge in [0.05, 0.1) is 31.1 Å². The lowest BCUT2D eigenvalue weighted by atomic mass is 9.85. The molecule has 0 radical (unpaired) electrons. The van der Waals surface area contributed by atoms with Gasteiger partial charge < -0.3 is 4.90 Å². The molecule has 25 heavy (non-hydrogen) atoms. The first-order valence-corrected chi connectivity index (χ1v) is 10.3. The van der Waals surface area contributed by atoms with Gasteiger partial charge in [-0.3, -0.25) is 0 Å². The first-order chi connectivity index (χ1) is 11.5. The van der Waals surface area contributed by atoms with Gasteiger partial charge in [0.1, 0.15) is 6.07 Å². The molecule has 1 aromatic rings. The van der Waals surface area contributed by atoms with Crippen LogP contribution in [0.2, 0.25) is 0 Å². The number of hydrogen-bond acceptors (Lipinski definition) is 3. The Hall–Kier alpha value is -1.42. The third-order valence-electron chi connectivity index (χ3n) is 5.09. The standard InChI is InChI=1S/C19H29N3O2S/c1-14-11-17(19(4,5)6)12-15(2)18(14)25(23,24)22-9-7-21(8-10-22)16(3)13-20/h11-12,16H,7-10H2,1-6H3/p+1/t16-/m0/s1. The van der Waals surface area contributed by atoms with E-state index in [1.54, 1.807) is 4.31 Å². The maximum Gasteiger partial charge on any atom is 0.244 e. The fourth-order valence-corrected chi connectivity index (χ4v) is 5.31. The normalized spacial score (nSPS) is 18.8. The van der Waals surface area contributed by atoms with Gasteiger partial charge in [-0.05, 0) is 36.0 Å². The quantitative estimate of drug-likeness (QED) is 0.882. The van der Waals surface area contributed by atoms with Crippen molar-refractivity contribution in [2.75, 3.05) is 26.2 Å². The fraction of sp³-hybridized carbons (Fsp3) is 0.632. The highest BCUT2D eigenvalue weighted by Gasteiger charge is 2.34. The van der Waals surface area contributed by atoms with E-state index < -0.39 is 10.0 Å². The van der Waals surface area contributed by atoms with Crippen LogP contribution in [-0.2, 0) is 15.4 Å². The zero-order valence-corrected chi connectivity index (χ0v) is 17.0. The van der Waals surface area contributed by atoms with E-state index in [4.69, 9.17) is 5.26 Å². The Morgan fingerprint density at radius 1 is 1.16 bits per heavy atom. The predicted octanol–water partition coefficient (Wildman–Crippen LogP) is 1.40. The maximum absolute atomic E-state index is 13.2. The van der Waals surface area contributed by atoms with E-state index in [0.29, 0.717) is 31.1 Å². The Bertz CT molecular complexity index is 757. The van der Waals surface area contributed by atoms with Crippen LogP contribution in [0.1, 0.15) is 44.4 Å². The number of piperazine rings is 1. The number of hydrogen-bond donors (Lipinski definition) is 1. The van der Waals surface area contributed by atoms with E-state index in [0.717, 1.165) is 21.6 Å². The molecule has 1 saturated heterocycles. The van der Waals surface area contributed by atoms with E-state index in [-0.39, 0.29) is 11.5 Å². The molecule has 0 saturated carbocycles. The van der Waals surface area contributed by atoms with E-state index in [1.165, 1.54) is 0 Å². The summed E-state index contributed by atoms with van der Waals surface area (Å²) in [6.07, 6.45) is 0. The van der Waals surface area contributed by atoms with Crippen molar-refractivity contribution >= 4 is 10.0 Å². The van der Waals surface area contributed by atoms with E-state index in [1.807, 2.05) is 32.9 Å². The van der Waals surface area contributed by atoms with E-state index in [9.17, 15) is 8.42 Å². The van der Waals surface area contributed by atoms with E-state index >= 15 is 0 Å². The molecule has 2 rings (SSSR count). The van der Waals surface area contributed by atoms with Gasteiger partial charge in [-0.25, -0.2) is 8.42 Å². The molecule has 0 bridgehead atoms. The van der Waals surface area contributed by atoms with E-state index in [2.05, 4.69) is 26.8 Å². The minimum atomic E-state index is -3.50. The second-order valence-corrected chi connectivity index (χ2v) is 9.98. The topological polar surface area (TPSA) is 65.6 Å². The van der Waals surface area contributed by atoms with Crippen molar-refractivity contribution in [3.8, 4) is 6.07 Å². The maximum atomic E-state index is 13.2. The van der Waals surface area contributed by atoms with Crippen LogP contribution in [0.25, 0.3) is 0 Å². The number of aryl methyl sites for hydroxylation is 2. The third-order valence-corrected chi connectivity index (χ3v) is 7.30. The molecule has 0 unspecified atom stereocenters. The number of quaternary nitrogens is 1. The number of rotatable bonds is 3. The first kappa shape index (κ1) is 19.9. The molecule has 138 valence electrons. The summed E-state index contributed by atoms with van der Waals surface area (Å²) in [4.78, 5) is 1.60. The second-order valence-electron chi connectivity index (χ2n) is 8.10. The van der Waals surface area contributed by atoms with Crippen molar-refractivity contribution in [3.05, 3.63) is 28.8 Å². The highest BCUT2D eigenvalue weighted by atomic mass is 32.2. The minimum Gasteiger partial charge on any atom is -0.319 e. The molecule has 0 aliphatic carbocycles. The molecule has 0 amide bonds. The lowest BCUT2D eigenvalue weighted by molar-refractivity contribution is -0.918. The molecule has 0 spiro atoms. The van der Waals surface area contributed by atoms with Crippen LogP contribution in [0.15, 0.2) is 17.0 Å². The molecule has 1 aliphatic heterocycles. The summed E-state index contributed by atoms with van der Waals surface area (Å²) >= 11 is 0. The lowest BCUT2D eigenvalue weighted by Gasteiger charge is -2.33. The van der Waals surface area contributed by atoms with Crippen molar-refractivity contribution in [1.82, 2.24) is 4.31 Å². The molecular formula is C19H30N3O2S+. The van der Waals surface area contributed by atoms with Gasteiger partial charge in [-0.2, -0.15) is 9.57 Å². The minimum absolute atomic E-state index is 0.0137. The fourth-order valence-electron chi connectivity index (χ4n) is 3.46. The Morgan fingerprint density at radius 2 is 1.64 bits per heavy atom.